The van der Waals surface area contributed by atoms with Gasteiger partial charge in [-0.15, -0.1) is 0 Å². The number of sulfonamides is 1. The Labute approximate surface area is 174 Å². The Hall–Kier alpha value is -1.97. The molecule has 1 saturated heterocycles. The summed E-state index contributed by atoms with van der Waals surface area (Å²) in [7, 11) is -3.65. The monoisotopic (exact) mass is 438 g/mol. The van der Waals surface area contributed by atoms with Crippen molar-refractivity contribution in [1.82, 2.24) is 19.8 Å². The lowest BCUT2D eigenvalue weighted by atomic mass is 9.96. The van der Waals surface area contributed by atoms with Crippen LogP contribution in [0.5, 0.6) is 0 Å². The Morgan fingerprint density at radius 2 is 1.90 bits per heavy atom. The number of benzene rings is 1. The molecule has 4 rings (SSSR count). The second-order valence-electron chi connectivity index (χ2n) is 7.63. The molecule has 0 atom stereocenters. The maximum Gasteiger partial charge on any atom is 0.253 e. The molecule has 1 aromatic carbocycles. The second-order valence-corrected chi connectivity index (χ2v) is 9.98. The number of carbonyl (C=O) groups excluding carboxylic acids is 1. The summed E-state index contributed by atoms with van der Waals surface area (Å²) in [6, 6.07) is 4.26. The zero-order chi connectivity index (χ0) is 20.6. The van der Waals surface area contributed by atoms with E-state index in [0.29, 0.717) is 37.6 Å². The molecular weight excluding hydrogens is 416 g/mol. The average Bonchev–Trinajstić information content (AvgIpc) is 3.44. The first-order valence-electron chi connectivity index (χ1n) is 9.75. The number of nitrogens with zero attached hydrogens (tertiary/aromatic N) is 3. The highest BCUT2D eigenvalue weighted by Crippen LogP contribution is 2.38. The first-order chi connectivity index (χ1) is 13.8. The molecule has 0 unspecified atom stereocenters. The molecule has 1 aliphatic carbocycles. The Bertz CT molecular complexity index is 1020. The molecule has 1 saturated carbocycles. The predicted octanol–water partition coefficient (Wildman–Crippen LogP) is 3.02. The van der Waals surface area contributed by atoms with Crippen LogP contribution < -0.4 is 5.32 Å². The van der Waals surface area contributed by atoms with E-state index in [9.17, 15) is 13.2 Å². The lowest BCUT2D eigenvalue weighted by Gasteiger charge is -2.27. The normalized spacial score (nSPS) is 19.5. The van der Waals surface area contributed by atoms with Gasteiger partial charge in [0, 0.05) is 20.0 Å². The van der Waals surface area contributed by atoms with Crippen molar-refractivity contribution < 1.29 is 17.7 Å². The summed E-state index contributed by atoms with van der Waals surface area (Å²) in [5.41, 5.74) is -0.611. The molecule has 1 amide bonds. The number of nitrogens with one attached hydrogen (secondary N) is 1. The molecule has 156 valence electrons. The molecule has 1 aromatic heterocycles. The van der Waals surface area contributed by atoms with Crippen LogP contribution in [-0.4, -0.2) is 41.9 Å². The van der Waals surface area contributed by atoms with E-state index in [1.54, 1.807) is 6.92 Å². The van der Waals surface area contributed by atoms with Crippen molar-refractivity contribution in [2.45, 2.75) is 55.9 Å². The van der Waals surface area contributed by atoms with E-state index >= 15 is 0 Å². The first kappa shape index (κ1) is 20.3. The van der Waals surface area contributed by atoms with Crippen LogP contribution in [0, 0.1) is 6.92 Å². The molecular formula is C19H23ClN4O4S. The van der Waals surface area contributed by atoms with Gasteiger partial charge < -0.3 is 9.84 Å². The summed E-state index contributed by atoms with van der Waals surface area (Å²) in [5.74, 6) is 0.424. The Morgan fingerprint density at radius 3 is 2.52 bits per heavy atom. The first-order valence-corrected chi connectivity index (χ1v) is 11.6. The molecule has 0 bridgehead atoms. The van der Waals surface area contributed by atoms with E-state index in [-0.39, 0.29) is 15.5 Å². The van der Waals surface area contributed by atoms with E-state index in [2.05, 4.69) is 15.5 Å². The van der Waals surface area contributed by atoms with Gasteiger partial charge in [0.1, 0.15) is 5.54 Å². The quantitative estimate of drug-likeness (QED) is 0.769. The summed E-state index contributed by atoms with van der Waals surface area (Å²) in [5, 5.41) is 7.22. The van der Waals surface area contributed by atoms with Crippen molar-refractivity contribution in [3.05, 3.63) is 40.5 Å². The summed E-state index contributed by atoms with van der Waals surface area (Å²) in [6.07, 6.45) is 4.89. The summed E-state index contributed by atoms with van der Waals surface area (Å²) in [6.45, 7) is 2.68. The molecule has 2 fully saturated rings. The highest BCUT2D eigenvalue weighted by molar-refractivity contribution is 7.89. The van der Waals surface area contributed by atoms with Crippen molar-refractivity contribution in [2.75, 3.05) is 13.1 Å². The summed E-state index contributed by atoms with van der Waals surface area (Å²) in [4.78, 5) is 17.5. The fourth-order valence-corrected chi connectivity index (χ4v) is 5.82. The van der Waals surface area contributed by atoms with Crippen molar-refractivity contribution in [3.8, 4) is 0 Å². The number of halogens is 1. The van der Waals surface area contributed by atoms with Gasteiger partial charge in [-0.05, 0) is 43.9 Å². The third-order valence-corrected chi connectivity index (χ3v) is 7.88. The largest absolute Gasteiger partial charge is 0.340 e. The topological polar surface area (TPSA) is 105 Å². The van der Waals surface area contributed by atoms with Crippen LogP contribution in [0.1, 0.15) is 60.6 Å². The Kier molecular flexibility index (Phi) is 5.39. The minimum absolute atomic E-state index is 0.0739. The third-order valence-electron chi connectivity index (χ3n) is 5.65. The molecule has 10 heteroatoms. The van der Waals surface area contributed by atoms with Crippen LogP contribution in [-0.2, 0) is 15.6 Å². The van der Waals surface area contributed by atoms with Gasteiger partial charge in [0.05, 0.1) is 15.5 Å². The van der Waals surface area contributed by atoms with Crippen molar-refractivity contribution >= 4 is 27.5 Å². The molecule has 0 radical (unpaired) electrons. The van der Waals surface area contributed by atoms with E-state index < -0.39 is 21.5 Å². The number of amides is 1. The maximum atomic E-state index is 13.1. The standard InChI is InChI=1S/C19H23ClN4O4S/c1-13-21-18(23-28-13)19(8-2-3-9-19)22-17(25)15-12-14(6-7-16(15)20)29(26,27)24-10-4-5-11-24/h6-7,12H,2-5,8-11H2,1H3,(H,22,25). The highest BCUT2D eigenvalue weighted by Gasteiger charge is 2.41. The Morgan fingerprint density at radius 1 is 1.21 bits per heavy atom. The smallest absolute Gasteiger partial charge is 0.253 e. The summed E-state index contributed by atoms with van der Waals surface area (Å²) < 4.78 is 32.3. The second kappa shape index (κ2) is 7.70. The van der Waals surface area contributed by atoms with Gasteiger partial charge in [-0.1, -0.05) is 29.6 Å². The number of hydrogen-bond donors (Lipinski definition) is 1. The Balaban J connectivity index is 1.64. The minimum atomic E-state index is -3.65. The van der Waals surface area contributed by atoms with Crippen molar-refractivity contribution in [1.29, 1.82) is 0 Å². The third kappa shape index (κ3) is 3.78. The van der Waals surface area contributed by atoms with Crippen LogP contribution in [0.3, 0.4) is 0 Å². The molecule has 2 aliphatic rings. The molecule has 1 aliphatic heterocycles. The van der Waals surface area contributed by atoms with Crippen molar-refractivity contribution in [2.24, 2.45) is 0 Å². The summed E-state index contributed by atoms with van der Waals surface area (Å²) >= 11 is 6.26. The van der Waals surface area contributed by atoms with Crippen LogP contribution in [0.2, 0.25) is 5.02 Å². The molecule has 0 spiro atoms. The fourth-order valence-electron chi connectivity index (χ4n) is 4.08. The van der Waals surface area contributed by atoms with Crippen LogP contribution in [0.4, 0.5) is 0 Å². The van der Waals surface area contributed by atoms with Gasteiger partial charge in [-0.2, -0.15) is 9.29 Å². The molecule has 8 nitrogen and oxygen atoms in total. The van der Waals surface area contributed by atoms with Gasteiger partial charge >= 0.3 is 0 Å². The zero-order valence-corrected chi connectivity index (χ0v) is 17.7. The van der Waals surface area contributed by atoms with Crippen LogP contribution >= 0.6 is 11.6 Å². The van der Waals surface area contributed by atoms with E-state index in [4.69, 9.17) is 16.1 Å². The fraction of sp³-hybridized carbons (Fsp3) is 0.526. The molecule has 1 N–H and O–H groups in total. The molecule has 29 heavy (non-hydrogen) atoms. The van der Waals surface area contributed by atoms with E-state index in [1.807, 2.05) is 0 Å². The van der Waals surface area contributed by atoms with Gasteiger partial charge in [0.15, 0.2) is 5.82 Å². The lowest BCUT2D eigenvalue weighted by Crippen LogP contribution is -2.44. The minimum Gasteiger partial charge on any atom is -0.340 e. The zero-order valence-electron chi connectivity index (χ0n) is 16.1. The van der Waals surface area contributed by atoms with Gasteiger partial charge in [0.2, 0.25) is 15.9 Å². The van der Waals surface area contributed by atoms with Gasteiger partial charge in [-0.25, -0.2) is 8.42 Å². The maximum absolute atomic E-state index is 13.1. The van der Waals surface area contributed by atoms with Crippen LogP contribution in [0.15, 0.2) is 27.6 Å². The van der Waals surface area contributed by atoms with E-state index in [1.165, 1.54) is 22.5 Å². The number of rotatable bonds is 5. The highest BCUT2D eigenvalue weighted by atomic mass is 35.5. The number of hydrogen-bond acceptors (Lipinski definition) is 6. The molecule has 2 heterocycles. The predicted molar refractivity (Wildman–Crippen MR) is 106 cm³/mol. The number of carbonyl (C=O) groups is 1. The van der Waals surface area contributed by atoms with Gasteiger partial charge in [0.25, 0.3) is 5.91 Å². The number of aryl methyl sites for hydroxylation is 1. The molecule has 2 aromatic rings. The lowest BCUT2D eigenvalue weighted by molar-refractivity contribution is 0.0892. The van der Waals surface area contributed by atoms with Crippen molar-refractivity contribution in [3.63, 3.8) is 0 Å². The van der Waals surface area contributed by atoms with Crippen LogP contribution in [0.25, 0.3) is 0 Å². The van der Waals surface area contributed by atoms with E-state index in [0.717, 1.165) is 25.7 Å². The van der Waals surface area contributed by atoms with Gasteiger partial charge in [-0.3, -0.25) is 4.79 Å². The average molecular weight is 439 g/mol. The number of aromatic nitrogens is 2. The SMILES string of the molecule is Cc1nc(C2(NC(=O)c3cc(S(=O)(=O)N4CCCC4)ccc3Cl)CCCC2)no1.